The highest BCUT2D eigenvalue weighted by atomic mass is 32.2. The van der Waals surface area contributed by atoms with Crippen molar-refractivity contribution in [2.24, 2.45) is 17.3 Å². The van der Waals surface area contributed by atoms with Gasteiger partial charge in [0.15, 0.2) is 0 Å². The Labute approximate surface area is 150 Å². The van der Waals surface area contributed by atoms with E-state index in [1.165, 1.54) is 12.0 Å². The van der Waals surface area contributed by atoms with Crippen molar-refractivity contribution in [3.63, 3.8) is 0 Å². The largest absolute Gasteiger partial charge is 0.391 e. The number of rotatable bonds is 5. The van der Waals surface area contributed by atoms with E-state index >= 15 is 0 Å². The number of hydrogen-bond donors (Lipinski definition) is 2. The number of aliphatic hydroxyl groups excluding tert-OH is 1. The van der Waals surface area contributed by atoms with Gasteiger partial charge in [-0.05, 0) is 47.6 Å². The summed E-state index contributed by atoms with van der Waals surface area (Å²) in [5.41, 5.74) is 3.56. The van der Waals surface area contributed by atoms with Gasteiger partial charge in [-0.15, -0.1) is 0 Å². The van der Waals surface area contributed by atoms with Crippen LogP contribution in [0.25, 0.3) is 0 Å². The summed E-state index contributed by atoms with van der Waals surface area (Å²) in [7, 11) is -3.43. The summed E-state index contributed by atoms with van der Waals surface area (Å²) in [6, 6.07) is 7.14. The molecule has 136 valence electrons. The molecule has 0 heterocycles. The van der Waals surface area contributed by atoms with Crippen molar-refractivity contribution in [2.75, 3.05) is 5.75 Å². The number of allylic oxidation sites excluding steroid dienone is 2. The van der Waals surface area contributed by atoms with Crippen LogP contribution in [0.2, 0.25) is 0 Å². The maximum absolute atomic E-state index is 12.6. The molecule has 0 aromatic heterocycles. The first-order chi connectivity index (χ1) is 11.8. The van der Waals surface area contributed by atoms with E-state index in [0.29, 0.717) is 24.2 Å². The van der Waals surface area contributed by atoms with E-state index in [1.54, 1.807) is 0 Å². The fraction of sp³-hybridized carbons (Fsp3) is 0.600. The van der Waals surface area contributed by atoms with Crippen molar-refractivity contribution in [3.05, 3.63) is 47.0 Å². The van der Waals surface area contributed by atoms with Gasteiger partial charge in [0.1, 0.15) is 0 Å². The zero-order valence-corrected chi connectivity index (χ0v) is 15.7. The molecule has 5 heteroatoms. The lowest BCUT2D eigenvalue weighted by atomic mass is 9.48. The van der Waals surface area contributed by atoms with Gasteiger partial charge in [0.25, 0.3) is 0 Å². The zero-order chi connectivity index (χ0) is 17.8. The van der Waals surface area contributed by atoms with E-state index in [-0.39, 0.29) is 5.75 Å². The SMILES string of the molecule is CC1(C)C2CC=C(CCS(=O)(=O)NC3c4ccccc4CC3O)C1C2. The third kappa shape index (κ3) is 2.96. The number of hydrogen-bond acceptors (Lipinski definition) is 3. The van der Waals surface area contributed by atoms with Crippen molar-refractivity contribution < 1.29 is 13.5 Å². The van der Waals surface area contributed by atoms with Crippen LogP contribution in [-0.2, 0) is 16.4 Å². The van der Waals surface area contributed by atoms with Crippen LogP contribution in [0.15, 0.2) is 35.9 Å². The Morgan fingerprint density at radius 2 is 2.04 bits per heavy atom. The number of nitrogens with one attached hydrogen (secondary N) is 1. The van der Waals surface area contributed by atoms with E-state index in [9.17, 15) is 13.5 Å². The third-order valence-corrected chi connectivity index (χ3v) is 8.11. The minimum absolute atomic E-state index is 0.0987. The van der Waals surface area contributed by atoms with Gasteiger partial charge in [0.05, 0.1) is 17.9 Å². The van der Waals surface area contributed by atoms with Gasteiger partial charge >= 0.3 is 0 Å². The topological polar surface area (TPSA) is 66.4 Å². The summed E-state index contributed by atoms with van der Waals surface area (Å²) in [5.74, 6) is 1.40. The van der Waals surface area contributed by atoms with Crippen LogP contribution in [-0.4, -0.2) is 25.4 Å². The zero-order valence-electron chi connectivity index (χ0n) is 14.9. The normalized spacial score (nSPS) is 32.7. The molecule has 1 aromatic rings. The molecule has 0 spiro atoms. The highest BCUT2D eigenvalue weighted by Crippen LogP contribution is 2.59. The first-order valence-electron chi connectivity index (χ1n) is 9.23. The molecule has 25 heavy (non-hydrogen) atoms. The fourth-order valence-electron chi connectivity index (χ4n) is 4.98. The first kappa shape index (κ1) is 17.3. The van der Waals surface area contributed by atoms with Crippen LogP contribution < -0.4 is 4.72 Å². The van der Waals surface area contributed by atoms with Gasteiger partial charge in [-0.2, -0.15) is 0 Å². The molecule has 2 N–H and O–H groups in total. The Balaban J connectivity index is 1.42. The summed E-state index contributed by atoms with van der Waals surface area (Å²) in [5, 5.41) is 10.3. The van der Waals surface area contributed by atoms with E-state index < -0.39 is 22.2 Å². The van der Waals surface area contributed by atoms with Gasteiger partial charge < -0.3 is 5.11 Å². The molecule has 4 aliphatic carbocycles. The molecule has 0 saturated heterocycles. The van der Waals surface area contributed by atoms with Crippen molar-refractivity contribution in [1.29, 1.82) is 0 Å². The molecule has 4 aliphatic rings. The Morgan fingerprint density at radius 1 is 1.28 bits per heavy atom. The quantitative estimate of drug-likeness (QED) is 0.793. The van der Waals surface area contributed by atoms with Crippen LogP contribution in [0.1, 0.15) is 50.3 Å². The van der Waals surface area contributed by atoms with Crippen molar-refractivity contribution in [2.45, 2.75) is 51.7 Å². The fourth-order valence-corrected chi connectivity index (χ4v) is 6.27. The van der Waals surface area contributed by atoms with Crippen LogP contribution in [0.4, 0.5) is 0 Å². The Kier molecular flexibility index (Phi) is 4.09. The molecular weight excluding hydrogens is 334 g/mol. The lowest BCUT2D eigenvalue weighted by molar-refractivity contribution is -0.00771. The van der Waals surface area contributed by atoms with Gasteiger partial charge in [0.2, 0.25) is 10.0 Å². The van der Waals surface area contributed by atoms with Crippen molar-refractivity contribution in [1.82, 2.24) is 4.72 Å². The molecule has 0 amide bonds. The predicted octanol–water partition coefficient (Wildman–Crippen LogP) is 2.95. The third-order valence-electron chi connectivity index (χ3n) is 6.75. The minimum Gasteiger partial charge on any atom is -0.391 e. The minimum atomic E-state index is -3.43. The van der Waals surface area contributed by atoms with Gasteiger partial charge in [0, 0.05) is 6.42 Å². The average molecular weight is 362 g/mol. The molecule has 1 fully saturated rings. The van der Waals surface area contributed by atoms with E-state index in [4.69, 9.17) is 0 Å². The average Bonchev–Trinajstić information content (AvgIpc) is 2.88. The maximum atomic E-state index is 12.6. The van der Waals surface area contributed by atoms with Gasteiger partial charge in [-0.25, -0.2) is 13.1 Å². The molecule has 0 radical (unpaired) electrons. The van der Waals surface area contributed by atoms with E-state index in [0.717, 1.165) is 23.5 Å². The van der Waals surface area contributed by atoms with E-state index in [1.807, 2.05) is 24.3 Å². The maximum Gasteiger partial charge on any atom is 0.212 e. The van der Waals surface area contributed by atoms with Crippen molar-refractivity contribution in [3.8, 4) is 0 Å². The molecule has 4 unspecified atom stereocenters. The summed E-state index contributed by atoms with van der Waals surface area (Å²) in [6.45, 7) is 4.61. The van der Waals surface area contributed by atoms with Gasteiger partial charge in [-0.3, -0.25) is 0 Å². The summed E-state index contributed by atoms with van der Waals surface area (Å²) < 4.78 is 28.0. The molecule has 4 nitrogen and oxygen atoms in total. The summed E-state index contributed by atoms with van der Waals surface area (Å²) >= 11 is 0. The standard InChI is InChI=1S/C20H27NO3S/c1-20(2)15-8-7-13(17(20)12-15)9-10-25(23,24)21-19-16-6-4-3-5-14(16)11-18(19)22/h3-7,15,17-19,21-22H,8-12H2,1-2H3. The molecule has 0 aliphatic heterocycles. The second-order valence-corrected chi connectivity index (χ2v) is 10.3. The molecule has 1 aromatic carbocycles. The highest BCUT2D eigenvalue weighted by Gasteiger charge is 2.50. The Hall–Kier alpha value is -1.17. The number of aliphatic hydroxyl groups is 1. The number of benzene rings is 1. The monoisotopic (exact) mass is 361 g/mol. The van der Waals surface area contributed by atoms with Crippen LogP contribution >= 0.6 is 0 Å². The Morgan fingerprint density at radius 3 is 2.76 bits per heavy atom. The lowest BCUT2D eigenvalue weighted by Gasteiger charge is -2.56. The molecule has 1 saturated carbocycles. The molecule has 4 atom stereocenters. The number of fused-ring (bicyclic) bond motifs is 2. The van der Waals surface area contributed by atoms with Crippen LogP contribution in [0.3, 0.4) is 0 Å². The summed E-state index contributed by atoms with van der Waals surface area (Å²) in [4.78, 5) is 0. The summed E-state index contributed by atoms with van der Waals surface area (Å²) in [6.07, 6.45) is 4.97. The second-order valence-electron chi connectivity index (χ2n) is 8.46. The Bertz CT molecular complexity index is 812. The highest BCUT2D eigenvalue weighted by molar-refractivity contribution is 7.89. The molecular formula is C20H27NO3S. The predicted molar refractivity (Wildman–Crippen MR) is 98.5 cm³/mol. The molecule has 2 bridgehead atoms. The van der Waals surface area contributed by atoms with Crippen LogP contribution in [0, 0.1) is 17.3 Å². The lowest BCUT2D eigenvalue weighted by Crippen LogP contribution is -2.48. The van der Waals surface area contributed by atoms with E-state index in [2.05, 4.69) is 24.6 Å². The van der Waals surface area contributed by atoms with Gasteiger partial charge in [-0.1, -0.05) is 49.8 Å². The van der Waals surface area contributed by atoms with Crippen molar-refractivity contribution >= 4 is 10.0 Å². The molecule has 5 rings (SSSR count). The first-order valence-corrected chi connectivity index (χ1v) is 10.9. The van der Waals surface area contributed by atoms with Crippen LogP contribution in [0.5, 0.6) is 0 Å². The number of sulfonamides is 1. The smallest absolute Gasteiger partial charge is 0.212 e. The second kappa shape index (κ2) is 5.93.